The lowest BCUT2D eigenvalue weighted by molar-refractivity contribution is 0.763. The van der Waals surface area contributed by atoms with Crippen molar-refractivity contribution in [1.29, 1.82) is 0 Å². The van der Waals surface area contributed by atoms with Gasteiger partial charge in [-0.3, -0.25) is 0 Å². The predicted molar refractivity (Wildman–Crippen MR) is 36.6 cm³/mol. The van der Waals surface area contributed by atoms with E-state index in [0.717, 1.165) is 0 Å². The van der Waals surface area contributed by atoms with Gasteiger partial charge in [0.25, 0.3) is 0 Å². The lowest BCUT2D eigenvalue weighted by Crippen LogP contribution is -2.34. The number of hydrogen-bond donors (Lipinski definition) is 0. The monoisotopic (exact) mass is 142 g/mol. The van der Waals surface area contributed by atoms with Crippen LogP contribution in [0.15, 0.2) is 6.33 Å². The Hall–Kier alpha value is -0.713. The average Bonchev–Trinajstić information content (AvgIpc) is 2.08. The Kier molecular flexibility index (Phi) is 1.36. The van der Waals surface area contributed by atoms with Crippen molar-refractivity contribution in [3.63, 3.8) is 0 Å². The highest BCUT2D eigenvalue weighted by atomic mass is 28.3. The molecule has 5 heteroatoms. The van der Waals surface area contributed by atoms with Crippen LogP contribution in [0.1, 0.15) is 0 Å². The van der Waals surface area contributed by atoms with Gasteiger partial charge in [-0.2, -0.15) is 0 Å². The Morgan fingerprint density at radius 3 is 2.22 bits per heavy atom. The third-order valence-electron chi connectivity index (χ3n) is 0.949. The van der Waals surface area contributed by atoms with Crippen molar-refractivity contribution in [2.75, 3.05) is 0 Å². The Morgan fingerprint density at radius 1 is 1.33 bits per heavy atom. The highest BCUT2D eigenvalue weighted by Gasteiger charge is 2.18. The minimum absolute atomic E-state index is 1.35. The Labute approximate surface area is 55.0 Å². The van der Waals surface area contributed by atoms with Gasteiger partial charge in [-0.05, 0) is 19.6 Å². The molecule has 0 atom stereocenters. The SMILES string of the molecule is C[Si](C)(C)n1ncnn1. The molecule has 0 fully saturated rings. The lowest BCUT2D eigenvalue weighted by atomic mass is 11.4. The zero-order valence-electron chi connectivity index (χ0n) is 5.87. The quantitative estimate of drug-likeness (QED) is 0.532. The molecule has 50 valence electrons. The van der Waals surface area contributed by atoms with Crippen molar-refractivity contribution < 1.29 is 0 Å². The summed E-state index contributed by atoms with van der Waals surface area (Å²) in [4.78, 5) is 0. The molecule has 1 aromatic rings. The molecular weight excluding hydrogens is 132 g/mol. The number of hydrogen-bond acceptors (Lipinski definition) is 3. The highest BCUT2D eigenvalue weighted by Crippen LogP contribution is 1.98. The van der Waals surface area contributed by atoms with Crippen LogP contribution in [-0.4, -0.2) is 28.1 Å². The van der Waals surface area contributed by atoms with E-state index in [9.17, 15) is 0 Å². The molecule has 0 amide bonds. The van der Waals surface area contributed by atoms with E-state index in [1.54, 1.807) is 4.46 Å². The molecule has 0 aromatic carbocycles. The topological polar surface area (TPSA) is 43.6 Å². The van der Waals surface area contributed by atoms with Crippen molar-refractivity contribution in [3.8, 4) is 0 Å². The predicted octanol–water partition coefficient (Wildman–Crippen LogP) is 0.356. The number of tetrazole rings is 1. The Bertz CT molecular complexity index is 175. The summed E-state index contributed by atoms with van der Waals surface area (Å²) < 4.78 is 1.72. The Morgan fingerprint density at radius 2 is 2.00 bits per heavy atom. The summed E-state index contributed by atoms with van der Waals surface area (Å²) in [5, 5.41) is 11.4. The van der Waals surface area contributed by atoms with Crippen molar-refractivity contribution in [2.24, 2.45) is 0 Å². The molecule has 0 aliphatic heterocycles. The van der Waals surface area contributed by atoms with Crippen LogP contribution in [0, 0.1) is 0 Å². The van der Waals surface area contributed by atoms with E-state index in [4.69, 9.17) is 0 Å². The fourth-order valence-electron chi connectivity index (χ4n) is 0.474. The first-order valence-corrected chi connectivity index (χ1v) is 6.29. The van der Waals surface area contributed by atoms with E-state index < -0.39 is 8.24 Å². The third-order valence-corrected chi connectivity index (χ3v) is 2.35. The summed E-state index contributed by atoms with van der Waals surface area (Å²) in [7, 11) is -1.35. The molecule has 0 unspecified atom stereocenters. The molecular formula is C4H10N4Si. The van der Waals surface area contributed by atoms with Crippen molar-refractivity contribution in [1.82, 2.24) is 19.9 Å². The zero-order valence-corrected chi connectivity index (χ0v) is 6.87. The van der Waals surface area contributed by atoms with Gasteiger partial charge >= 0.3 is 0 Å². The second-order valence-electron chi connectivity index (χ2n) is 2.90. The fraction of sp³-hybridized carbons (Fsp3) is 0.750. The van der Waals surface area contributed by atoms with Crippen LogP contribution in [0.5, 0.6) is 0 Å². The van der Waals surface area contributed by atoms with E-state index in [1.807, 2.05) is 0 Å². The van der Waals surface area contributed by atoms with Gasteiger partial charge in [0.2, 0.25) is 8.24 Å². The zero-order chi connectivity index (χ0) is 6.91. The van der Waals surface area contributed by atoms with E-state index in [2.05, 4.69) is 35.1 Å². The Balaban J connectivity index is 2.90. The molecule has 0 bridgehead atoms. The molecule has 4 nitrogen and oxygen atoms in total. The molecule has 1 rings (SSSR count). The first kappa shape index (κ1) is 6.41. The van der Waals surface area contributed by atoms with Crippen LogP contribution in [-0.2, 0) is 0 Å². The first-order chi connectivity index (χ1) is 4.11. The largest absolute Gasteiger partial charge is 0.204 e. The van der Waals surface area contributed by atoms with E-state index >= 15 is 0 Å². The van der Waals surface area contributed by atoms with Gasteiger partial charge in [0.05, 0.1) is 0 Å². The molecule has 1 aromatic heterocycles. The molecule has 0 N–H and O–H groups in total. The van der Waals surface area contributed by atoms with Crippen molar-refractivity contribution in [2.45, 2.75) is 19.6 Å². The van der Waals surface area contributed by atoms with Crippen LogP contribution >= 0.6 is 0 Å². The second kappa shape index (κ2) is 1.91. The van der Waals surface area contributed by atoms with Gasteiger partial charge in [-0.1, -0.05) is 5.21 Å². The van der Waals surface area contributed by atoms with Gasteiger partial charge in [-0.15, -0.1) is 10.2 Å². The summed E-state index contributed by atoms with van der Waals surface area (Å²) in [6.07, 6.45) is 1.47. The second-order valence-corrected chi connectivity index (χ2v) is 7.64. The molecule has 0 aliphatic rings. The van der Waals surface area contributed by atoms with Gasteiger partial charge in [-0.25, -0.2) is 4.46 Å². The summed E-state index contributed by atoms with van der Waals surface area (Å²) in [5.74, 6) is 0. The van der Waals surface area contributed by atoms with Crippen LogP contribution < -0.4 is 0 Å². The van der Waals surface area contributed by atoms with Gasteiger partial charge in [0.15, 0.2) is 6.33 Å². The summed E-state index contributed by atoms with van der Waals surface area (Å²) in [6, 6.07) is 0. The molecule has 9 heavy (non-hydrogen) atoms. The molecule has 0 aliphatic carbocycles. The normalized spacial score (nSPS) is 11.9. The summed E-state index contributed by atoms with van der Waals surface area (Å²) in [6.45, 7) is 6.48. The van der Waals surface area contributed by atoms with E-state index in [-0.39, 0.29) is 0 Å². The standard InChI is InChI=1S/C4H10N4Si/c1-9(2,3)8-6-4-5-7-8/h4H,1-3H3. The van der Waals surface area contributed by atoms with Crippen LogP contribution in [0.2, 0.25) is 19.6 Å². The van der Waals surface area contributed by atoms with Gasteiger partial charge in [0.1, 0.15) is 0 Å². The number of rotatable bonds is 1. The molecule has 1 heterocycles. The van der Waals surface area contributed by atoms with Gasteiger partial charge < -0.3 is 0 Å². The minimum atomic E-state index is -1.35. The van der Waals surface area contributed by atoms with Crippen molar-refractivity contribution >= 4 is 8.24 Å². The van der Waals surface area contributed by atoms with E-state index in [0.29, 0.717) is 0 Å². The van der Waals surface area contributed by atoms with E-state index in [1.165, 1.54) is 6.33 Å². The average molecular weight is 142 g/mol. The fourth-order valence-corrected chi connectivity index (χ4v) is 1.19. The molecule has 0 saturated heterocycles. The third kappa shape index (κ3) is 1.35. The molecule has 0 saturated carbocycles. The van der Waals surface area contributed by atoms with Crippen LogP contribution in [0.4, 0.5) is 0 Å². The van der Waals surface area contributed by atoms with Crippen LogP contribution in [0.25, 0.3) is 0 Å². The molecule has 0 spiro atoms. The van der Waals surface area contributed by atoms with Gasteiger partial charge in [0, 0.05) is 0 Å². The van der Waals surface area contributed by atoms with Crippen LogP contribution in [0.3, 0.4) is 0 Å². The minimum Gasteiger partial charge on any atom is -0.202 e. The summed E-state index contributed by atoms with van der Waals surface area (Å²) >= 11 is 0. The maximum atomic E-state index is 3.94. The maximum absolute atomic E-state index is 3.94. The molecule has 0 radical (unpaired) electrons. The smallest absolute Gasteiger partial charge is 0.202 e. The first-order valence-electron chi connectivity index (χ1n) is 2.84. The lowest BCUT2D eigenvalue weighted by Gasteiger charge is -2.11. The number of nitrogens with zero attached hydrogens (tertiary/aromatic N) is 4. The number of aromatic nitrogens is 4. The highest BCUT2D eigenvalue weighted by molar-refractivity contribution is 6.73. The maximum Gasteiger partial charge on any atom is 0.204 e. The van der Waals surface area contributed by atoms with Crippen molar-refractivity contribution in [3.05, 3.63) is 6.33 Å². The summed E-state index contributed by atoms with van der Waals surface area (Å²) in [5.41, 5.74) is 0.